The van der Waals surface area contributed by atoms with Crippen LogP contribution in [0.25, 0.3) is 11.5 Å². The van der Waals surface area contributed by atoms with Gasteiger partial charge in [-0.1, -0.05) is 23.3 Å². The van der Waals surface area contributed by atoms with Crippen molar-refractivity contribution in [3.05, 3.63) is 79.4 Å². The molecule has 0 unspecified atom stereocenters. The molecule has 0 saturated heterocycles. The van der Waals surface area contributed by atoms with Crippen molar-refractivity contribution in [1.29, 1.82) is 0 Å². The monoisotopic (exact) mass is 454 g/mol. The molecule has 9 nitrogen and oxygen atoms in total. The number of methoxy groups -OCH3 is 1. The van der Waals surface area contributed by atoms with E-state index in [4.69, 9.17) is 9.15 Å². The lowest BCUT2D eigenvalue weighted by molar-refractivity contribution is 0.102. The molecule has 3 aromatic rings. The second kappa shape index (κ2) is 10.0. The number of anilines is 1. The lowest BCUT2D eigenvalue weighted by Crippen LogP contribution is -2.31. The van der Waals surface area contributed by atoms with Gasteiger partial charge < -0.3 is 9.15 Å². The van der Waals surface area contributed by atoms with E-state index in [1.165, 1.54) is 40.7 Å². The highest BCUT2D eigenvalue weighted by atomic mass is 32.2. The number of hydrogen-bond donors (Lipinski definition) is 1. The average molecular weight is 455 g/mol. The Hall–Kier alpha value is -3.76. The normalized spacial score (nSPS) is 11.2. The molecule has 10 heteroatoms. The number of aromatic nitrogens is 2. The minimum absolute atomic E-state index is 0.0517. The Kier molecular flexibility index (Phi) is 7.18. The highest BCUT2D eigenvalue weighted by molar-refractivity contribution is 7.89. The minimum atomic E-state index is -3.75. The van der Waals surface area contributed by atoms with Crippen LogP contribution in [0.5, 0.6) is 5.75 Å². The Morgan fingerprint density at radius 1 is 1.12 bits per heavy atom. The van der Waals surface area contributed by atoms with Gasteiger partial charge in [-0.05, 0) is 42.5 Å². The second-order valence-electron chi connectivity index (χ2n) is 6.52. The summed E-state index contributed by atoms with van der Waals surface area (Å²) in [5.41, 5.74) is 0.861. The maximum absolute atomic E-state index is 12.8. The van der Waals surface area contributed by atoms with E-state index in [2.05, 4.69) is 28.7 Å². The molecule has 2 aromatic carbocycles. The Morgan fingerprint density at radius 2 is 1.81 bits per heavy atom. The van der Waals surface area contributed by atoms with E-state index >= 15 is 0 Å². The van der Waals surface area contributed by atoms with E-state index in [1.54, 1.807) is 31.4 Å². The van der Waals surface area contributed by atoms with Crippen molar-refractivity contribution in [1.82, 2.24) is 14.5 Å². The number of amides is 1. The highest BCUT2D eigenvalue weighted by Gasteiger charge is 2.23. The standard InChI is InChI=1S/C22H22N4O5S/c1-4-13-26(14-5-2)32(28,29)19-11-9-16(10-12-19)20(27)23-22-25-24-21(31-22)17-7-6-8-18(15-17)30-3/h4-12,15H,1-2,13-14H2,3H3,(H,23,25,27). The van der Waals surface area contributed by atoms with Crippen LogP contribution in [-0.2, 0) is 10.0 Å². The molecule has 0 saturated carbocycles. The van der Waals surface area contributed by atoms with E-state index in [0.29, 0.717) is 11.3 Å². The first kappa shape index (κ1) is 22.9. The van der Waals surface area contributed by atoms with Gasteiger partial charge in [-0.25, -0.2) is 8.42 Å². The summed E-state index contributed by atoms with van der Waals surface area (Å²) < 4.78 is 37.4. The fourth-order valence-corrected chi connectivity index (χ4v) is 4.18. The first-order chi connectivity index (χ1) is 15.4. The van der Waals surface area contributed by atoms with E-state index in [0.717, 1.165) is 0 Å². The molecule has 166 valence electrons. The molecule has 0 aliphatic carbocycles. The molecule has 1 amide bonds. The predicted molar refractivity (Wildman–Crippen MR) is 120 cm³/mol. The number of hydrogen-bond acceptors (Lipinski definition) is 7. The number of nitrogens with zero attached hydrogens (tertiary/aromatic N) is 3. The molecule has 0 spiro atoms. The van der Waals surface area contributed by atoms with Crippen LogP contribution >= 0.6 is 0 Å². The molecular weight excluding hydrogens is 432 g/mol. The van der Waals surface area contributed by atoms with Crippen molar-refractivity contribution in [2.24, 2.45) is 0 Å². The average Bonchev–Trinajstić information content (AvgIpc) is 3.27. The third-order valence-corrected chi connectivity index (χ3v) is 6.23. The Bertz CT molecular complexity index is 1210. The Morgan fingerprint density at radius 3 is 2.44 bits per heavy atom. The largest absolute Gasteiger partial charge is 0.497 e. The first-order valence-electron chi connectivity index (χ1n) is 9.50. The number of sulfonamides is 1. The van der Waals surface area contributed by atoms with Gasteiger partial charge in [0.25, 0.3) is 5.91 Å². The lowest BCUT2D eigenvalue weighted by Gasteiger charge is -2.19. The Balaban J connectivity index is 1.73. The fraction of sp³-hybridized carbons (Fsp3) is 0.136. The number of ether oxygens (including phenoxy) is 1. The van der Waals surface area contributed by atoms with E-state index in [9.17, 15) is 13.2 Å². The van der Waals surface area contributed by atoms with Crippen LogP contribution in [0.2, 0.25) is 0 Å². The van der Waals surface area contributed by atoms with Gasteiger partial charge in [0, 0.05) is 24.2 Å². The third kappa shape index (κ3) is 5.10. The van der Waals surface area contributed by atoms with Crippen LogP contribution in [0.15, 0.2) is 83.2 Å². The predicted octanol–water partition coefficient (Wildman–Crippen LogP) is 3.36. The van der Waals surface area contributed by atoms with Crippen molar-refractivity contribution < 1.29 is 22.4 Å². The zero-order valence-electron chi connectivity index (χ0n) is 17.4. The molecule has 0 aliphatic rings. The van der Waals surface area contributed by atoms with Gasteiger partial charge in [-0.15, -0.1) is 18.3 Å². The van der Waals surface area contributed by atoms with Crippen molar-refractivity contribution in [3.8, 4) is 17.2 Å². The van der Waals surface area contributed by atoms with Crippen LogP contribution < -0.4 is 10.1 Å². The summed E-state index contributed by atoms with van der Waals surface area (Å²) in [6.45, 7) is 7.44. The van der Waals surface area contributed by atoms with E-state index in [-0.39, 0.29) is 35.5 Å². The molecule has 0 fully saturated rings. The summed E-state index contributed by atoms with van der Waals surface area (Å²) in [6.07, 6.45) is 2.99. The zero-order chi connectivity index (χ0) is 23.1. The maximum Gasteiger partial charge on any atom is 0.322 e. The molecule has 3 rings (SSSR count). The molecule has 0 aliphatic heterocycles. The topological polar surface area (TPSA) is 115 Å². The van der Waals surface area contributed by atoms with Gasteiger partial charge >= 0.3 is 6.01 Å². The fourth-order valence-electron chi connectivity index (χ4n) is 2.80. The number of nitrogens with one attached hydrogen (secondary N) is 1. The zero-order valence-corrected chi connectivity index (χ0v) is 18.2. The van der Waals surface area contributed by atoms with Gasteiger partial charge in [0.15, 0.2) is 0 Å². The van der Waals surface area contributed by atoms with Crippen LogP contribution in [0.1, 0.15) is 10.4 Å². The van der Waals surface area contributed by atoms with Crippen molar-refractivity contribution in [2.45, 2.75) is 4.90 Å². The summed E-state index contributed by atoms with van der Waals surface area (Å²) >= 11 is 0. The molecule has 32 heavy (non-hydrogen) atoms. The number of rotatable bonds is 10. The van der Waals surface area contributed by atoms with Crippen LogP contribution in [0, 0.1) is 0 Å². The van der Waals surface area contributed by atoms with Crippen molar-refractivity contribution in [2.75, 3.05) is 25.5 Å². The van der Waals surface area contributed by atoms with Gasteiger partial charge in [0.2, 0.25) is 15.9 Å². The molecule has 0 atom stereocenters. The summed E-state index contributed by atoms with van der Waals surface area (Å²) in [5, 5.41) is 10.2. The van der Waals surface area contributed by atoms with E-state index in [1.807, 2.05) is 0 Å². The summed E-state index contributed by atoms with van der Waals surface area (Å²) in [5.74, 6) is 0.315. The number of benzene rings is 2. The van der Waals surface area contributed by atoms with E-state index < -0.39 is 15.9 Å². The van der Waals surface area contributed by atoms with Gasteiger partial charge in [-0.3, -0.25) is 10.1 Å². The summed E-state index contributed by atoms with van der Waals surface area (Å²) in [7, 11) is -2.20. The van der Waals surface area contributed by atoms with Crippen molar-refractivity contribution >= 4 is 21.9 Å². The smallest absolute Gasteiger partial charge is 0.322 e. The van der Waals surface area contributed by atoms with Gasteiger partial charge in [0.05, 0.1) is 12.0 Å². The molecule has 0 radical (unpaired) electrons. The third-order valence-electron chi connectivity index (χ3n) is 4.38. The van der Waals surface area contributed by atoms with Gasteiger partial charge in [-0.2, -0.15) is 4.31 Å². The lowest BCUT2D eigenvalue weighted by atomic mass is 10.2. The maximum atomic E-state index is 12.8. The summed E-state index contributed by atoms with van der Waals surface area (Å²) in [6, 6.07) is 12.5. The molecule has 1 N–H and O–H groups in total. The van der Waals surface area contributed by atoms with Crippen molar-refractivity contribution in [3.63, 3.8) is 0 Å². The molecule has 1 heterocycles. The molecule has 1 aromatic heterocycles. The van der Waals surface area contributed by atoms with Crippen LogP contribution in [0.4, 0.5) is 6.01 Å². The summed E-state index contributed by atoms with van der Waals surface area (Å²) in [4.78, 5) is 12.6. The van der Waals surface area contributed by atoms with Gasteiger partial charge in [0.1, 0.15) is 5.75 Å². The number of carbonyl (C=O) groups excluding carboxylic acids is 1. The number of carbonyl (C=O) groups is 1. The highest BCUT2D eigenvalue weighted by Crippen LogP contribution is 2.24. The molecule has 0 bridgehead atoms. The second-order valence-corrected chi connectivity index (χ2v) is 8.46. The van der Waals surface area contributed by atoms with Crippen LogP contribution in [-0.4, -0.2) is 49.0 Å². The quantitative estimate of drug-likeness (QED) is 0.467. The first-order valence-corrected chi connectivity index (χ1v) is 10.9. The minimum Gasteiger partial charge on any atom is -0.497 e. The van der Waals surface area contributed by atoms with Crippen LogP contribution in [0.3, 0.4) is 0 Å². The SMILES string of the molecule is C=CCN(CC=C)S(=O)(=O)c1ccc(C(=O)Nc2nnc(-c3cccc(OC)c3)o2)cc1. The Labute approximate surface area is 186 Å². The molecular formula is C22H22N4O5S.